The Kier molecular flexibility index (Phi) is 7.90. The molecule has 1 N–H and O–H groups in total. The summed E-state index contributed by atoms with van der Waals surface area (Å²) in [5.41, 5.74) is 3.07. The van der Waals surface area contributed by atoms with E-state index in [1.807, 2.05) is 91.9 Å². The highest BCUT2D eigenvalue weighted by molar-refractivity contribution is 7.86. The third kappa shape index (κ3) is 5.36. The number of fused-ring (bicyclic) bond motifs is 1. The molecule has 2 amide bonds. The number of hydrogen-bond donors (Lipinski definition) is 1. The number of nitrogens with zero attached hydrogens (tertiary/aromatic N) is 2. The lowest BCUT2D eigenvalue weighted by molar-refractivity contribution is -0.125. The SMILES string of the molecule is CC[C@H](NC(=O)c1c(S(=O)CC(=O)N(C)C)c(-c2ccccc2)nc2ccccc12)c1ccccc1. The van der Waals surface area contributed by atoms with E-state index in [0.717, 1.165) is 11.1 Å². The number of carbonyl (C=O) groups is 2. The van der Waals surface area contributed by atoms with Gasteiger partial charge in [-0.05, 0) is 18.1 Å². The molecule has 0 bridgehead atoms. The number of hydrogen-bond acceptors (Lipinski definition) is 4. The molecular formula is C29H29N3O3S. The molecule has 1 aromatic heterocycles. The van der Waals surface area contributed by atoms with E-state index in [9.17, 15) is 13.8 Å². The summed E-state index contributed by atoms with van der Waals surface area (Å²) >= 11 is 0. The van der Waals surface area contributed by atoms with E-state index in [2.05, 4.69) is 5.32 Å². The smallest absolute Gasteiger partial charge is 0.253 e. The van der Waals surface area contributed by atoms with E-state index in [1.54, 1.807) is 14.1 Å². The van der Waals surface area contributed by atoms with Gasteiger partial charge in [-0.25, -0.2) is 4.98 Å². The van der Waals surface area contributed by atoms with Crippen molar-refractivity contribution in [2.75, 3.05) is 19.8 Å². The van der Waals surface area contributed by atoms with Gasteiger partial charge in [-0.3, -0.25) is 13.8 Å². The molecule has 7 heteroatoms. The molecule has 1 unspecified atom stereocenters. The lowest BCUT2D eigenvalue weighted by atomic mass is 10.0. The first kappa shape index (κ1) is 25.3. The van der Waals surface area contributed by atoms with Crippen molar-refractivity contribution in [2.45, 2.75) is 24.3 Å². The fraction of sp³-hybridized carbons (Fsp3) is 0.207. The van der Waals surface area contributed by atoms with E-state index >= 15 is 0 Å². The lowest BCUT2D eigenvalue weighted by Gasteiger charge is -2.21. The molecule has 3 aromatic carbocycles. The van der Waals surface area contributed by atoms with Gasteiger partial charge in [0.1, 0.15) is 5.75 Å². The first-order valence-electron chi connectivity index (χ1n) is 11.8. The first-order chi connectivity index (χ1) is 17.4. The number of para-hydroxylation sites is 1. The van der Waals surface area contributed by atoms with Crippen molar-refractivity contribution < 1.29 is 13.8 Å². The van der Waals surface area contributed by atoms with Crippen LogP contribution >= 0.6 is 0 Å². The number of nitrogens with one attached hydrogen (secondary N) is 1. The highest BCUT2D eigenvalue weighted by Gasteiger charge is 2.28. The quantitative estimate of drug-likeness (QED) is 0.371. The zero-order valence-electron chi connectivity index (χ0n) is 20.6. The van der Waals surface area contributed by atoms with Crippen LogP contribution in [-0.2, 0) is 15.6 Å². The van der Waals surface area contributed by atoms with Crippen LogP contribution in [0.5, 0.6) is 0 Å². The van der Waals surface area contributed by atoms with Crippen LogP contribution in [0.1, 0.15) is 35.3 Å². The van der Waals surface area contributed by atoms with Crippen LogP contribution in [0.3, 0.4) is 0 Å². The van der Waals surface area contributed by atoms with Crippen molar-refractivity contribution in [3.8, 4) is 11.3 Å². The van der Waals surface area contributed by atoms with Crippen molar-refractivity contribution in [3.05, 3.63) is 96.1 Å². The Hall–Kier alpha value is -3.84. The summed E-state index contributed by atoms with van der Waals surface area (Å²) in [5, 5.41) is 3.74. The van der Waals surface area contributed by atoms with Gasteiger partial charge in [0.15, 0.2) is 0 Å². The fourth-order valence-electron chi connectivity index (χ4n) is 4.08. The number of amides is 2. The second-order valence-electron chi connectivity index (χ2n) is 8.67. The van der Waals surface area contributed by atoms with Crippen LogP contribution in [0.25, 0.3) is 22.2 Å². The molecule has 6 nitrogen and oxygen atoms in total. The maximum Gasteiger partial charge on any atom is 0.253 e. The van der Waals surface area contributed by atoms with E-state index in [-0.39, 0.29) is 28.5 Å². The summed E-state index contributed by atoms with van der Waals surface area (Å²) in [4.78, 5) is 33.0. The fourth-order valence-corrected chi connectivity index (χ4v) is 5.52. The van der Waals surface area contributed by atoms with Crippen molar-refractivity contribution in [1.29, 1.82) is 0 Å². The average molecular weight is 500 g/mol. The predicted octanol–water partition coefficient (Wildman–Crippen LogP) is 4.98. The van der Waals surface area contributed by atoms with Crippen molar-refractivity contribution in [2.24, 2.45) is 0 Å². The average Bonchev–Trinajstić information content (AvgIpc) is 2.91. The van der Waals surface area contributed by atoms with Crippen LogP contribution in [0.2, 0.25) is 0 Å². The topological polar surface area (TPSA) is 79.4 Å². The maximum absolute atomic E-state index is 14.0. The third-order valence-electron chi connectivity index (χ3n) is 6.02. The number of benzene rings is 3. The minimum absolute atomic E-state index is 0.226. The van der Waals surface area contributed by atoms with Gasteiger partial charge < -0.3 is 10.2 Å². The molecule has 4 rings (SSSR count). The molecule has 36 heavy (non-hydrogen) atoms. The Balaban J connectivity index is 1.93. The molecule has 0 aliphatic heterocycles. The maximum atomic E-state index is 14.0. The Morgan fingerprint density at radius 1 is 0.917 bits per heavy atom. The molecule has 0 radical (unpaired) electrons. The molecule has 4 aromatic rings. The van der Waals surface area contributed by atoms with Crippen LogP contribution in [0.4, 0.5) is 0 Å². The molecule has 184 valence electrons. The molecule has 0 aliphatic carbocycles. The predicted molar refractivity (Wildman–Crippen MR) is 144 cm³/mol. The molecule has 0 saturated carbocycles. The van der Waals surface area contributed by atoms with Gasteiger partial charge in [-0.1, -0.05) is 85.8 Å². The molecule has 2 atom stereocenters. The van der Waals surface area contributed by atoms with Gasteiger partial charge in [0.2, 0.25) is 5.91 Å². The summed E-state index contributed by atoms with van der Waals surface area (Å²) in [5.74, 6) is -0.882. The third-order valence-corrected chi connectivity index (χ3v) is 7.38. The molecule has 0 spiro atoms. The lowest BCUT2D eigenvalue weighted by Crippen LogP contribution is -2.31. The van der Waals surface area contributed by atoms with Crippen LogP contribution < -0.4 is 5.32 Å². The highest BCUT2D eigenvalue weighted by atomic mass is 32.2. The Morgan fingerprint density at radius 3 is 2.17 bits per heavy atom. The molecule has 1 heterocycles. The Morgan fingerprint density at radius 2 is 1.53 bits per heavy atom. The summed E-state index contributed by atoms with van der Waals surface area (Å²) in [6.45, 7) is 2.01. The number of pyridine rings is 1. The van der Waals surface area contributed by atoms with E-state index in [4.69, 9.17) is 4.98 Å². The van der Waals surface area contributed by atoms with Gasteiger partial charge >= 0.3 is 0 Å². The molecular weight excluding hydrogens is 470 g/mol. The summed E-state index contributed by atoms with van der Waals surface area (Å²) in [6.07, 6.45) is 0.682. The van der Waals surface area contributed by atoms with E-state index in [0.29, 0.717) is 28.6 Å². The van der Waals surface area contributed by atoms with E-state index in [1.165, 1.54) is 4.90 Å². The molecule has 0 fully saturated rings. The Labute approximate surface area is 213 Å². The second-order valence-corrected chi connectivity index (χ2v) is 10.1. The van der Waals surface area contributed by atoms with Crippen molar-refractivity contribution in [1.82, 2.24) is 15.2 Å². The largest absolute Gasteiger partial charge is 0.348 e. The highest BCUT2D eigenvalue weighted by Crippen LogP contribution is 2.33. The van der Waals surface area contributed by atoms with Gasteiger partial charge in [0, 0.05) is 25.0 Å². The minimum Gasteiger partial charge on any atom is -0.348 e. The number of rotatable bonds is 8. The summed E-state index contributed by atoms with van der Waals surface area (Å²) in [7, 11) is 1.43. The number of carbonyl (C=O) groups excluding carboxylic acids is 2. The van der Waals surface area contributed by atoms with Crippen LogP contribution in [-0.4, -0.2) is 45.8 Å². The summed E-state index contributed by atoms with van der Waals surface area (Å²) in [6, 6.07) is 26.2. The van der Waals surface area contributed by atoms with E-state index < -0.39 is 10.8 Å². The minimum atomic E-state index is -1.81. The second kappa shape index (κ2) is 11.3. The standard InChI is InChI=1S/C29H29N3O3S/c1-4-23(20-13-7-5-8-14-20)31-29(34)26-22-17-11-12-18-24(22)30-27(21-15-9-6-10-16-21)28(26)36(35)19-25(33)32(2)3/h5-18,23H,4,19H2,1-3H3,(H,31,34)/t23-,36?/m0/s1. The first-order valence-corrected chi connectivity index (χ1v) is 13.1. The van der Waals surface area contributed by atoms with Gasteiger partial charge in [-0.15, -0.1) is 0 Å². The molecule has 0 aliphatic rings. The zero-order valence-corrected chi connectivity index (χ0v) is 21.4. The normalized spacial score (nSPS) is 12.6. The Bertz CT molecular complexity index is 1410. The summed E-state index contributed by atoms with van der Waals surface area (Å²) < 4.78 is 13.8. The van der Waals surface area contributed by atoms with Gasteiger partial charge in [0.25, 0.3) is 5.91 Å². The van der Waals surface area contributed by atoms with Gasteiger partial charge in [-0.2, -0.15) is 0 Å². The molecule has 0 saturated heterocycles. The number of aromatic nitrogens is 1. The monoisotopic (exact) mass is 499 g/mol. The van der Waals surface area contributed by atoms with Gasteiger partial charge in [0.05, 0.1) is 38.5 Å². The zero-order chi connectivity index (χ0) is 25.7. The van der Waals surface area contributed by atoms with Crippen molar-refractivity contribution >= 4 is 33.5 Å². The van der Waals surface area contributed by atoms with Crippen molar-refractivity contribution in [3.63, 3.8) is 0 Å². The van der Waals surface area contributed by atoms with Crippen LogP contribution in [0, 0.1) is 0 Å². The van der Waals surface area contributed by atoms with Crippen LogP contribution in [0.15, 0.2) is 89.8 Å².